The monoisotopic (exact) mass is 445 g/mol. The lowest BCUT2D eigenvalue weighted by atomic mass is 9.90. The van der Waals surface area contributed by atoms with Gasteiger partial charge in [0, 0.05) is 43.2 Å². The van der Waals surface area contributed by atoms with Crippen LogP contribution in [0.25, 0.3) is 5.57 Å². The van der Waals surface area contributed by atoms with Crippen LogP contribution in [0.5, 0.6) is 11.5 Å². The minimum Gasteiger partial charge on any atom is -0.454 e. The lowest BCUT2D eigenvalue weighted by Gasteiger charge is -2.32. The number of fused-ring (bicyclic) bond motifs is 1. The minimum absolute atomic E-state index is 0.0607. The molecule has 0 fully saturated rings. The number of aliphatic imine (C=N–C) groups is 1. The van der Waals surface area contributed by atoms with Crippen molar-refractivity contribution in [3.8, 4) is 11.5 Å². The molecule has 2 aliphatic rings. The number of benzene rings is 2. The molecule has 1 unspecified atom stereocenters. The Hall–Kier alpha value is -3.20. The van der Waals surface area contributed by atoms with Gasteiger partial charge in [0.25, 0.3) is 0 Å². The number of hydrogen-bond donors (Lipinski definition) is 1. The molecule has 6 nitrogen and oxygen atoms in total. The number of hydrogen-bond acceptors (Lipinski definition) is 6. The molecule has 0 saturated heterocycles. The Morgan fingerprint density at radius 2 is 1.97 bits per heavy atom. The first-order valence-electron chi connectivity index (χ1n) is 9.67. The number of nitrogens with one attached hydrogen (secondary N) is 1. The van der Waals surface area contributed by atoms with E-state index in [0.717, 1.165) is 17.7 Å². The number of likely N-dealkylation sites (N-methyl/N-ethyl adjacent to an activating group) is 1. The minimum atomic E-state index is -3.49. The van der Waals surface area contributed by atoms with Crippen molar-refractivity contribution in [3.05, 3.63) is 71.6 Å². The van der Waals surface area contributed by atoms with Gasteiger partial charge in [0.15, 0.2) is 21.4 Å². The number of nitrogens with zero attached hydrogens (tertiary/aromatic N) is 2. The van der Waals surface area contributed by atoms with Gasteiger partial charge in [-0.15, -0.1) is 0 Å². The van der Waals surface area contributed by atoms with Crippen molar-refractivity contribution in [2.75, 3.05) is 19.3 Å². The SMILES string of the molecule is CCS(=O)(=O)c1ccc(Oc2ccc(F)cc2F)c(C2=CN(C)CC3=CNC=NC32)c1. The summed E-state index contributed by atoms with van der Waals surface area (Å²) in [5, 5.41) is 2.97. The van der Waals surface area contributed by atoms with E-state index < -0.39 is 21.5 Å². The van der Waals surface area contributed by atoms with Crippen molar-refractivity contribution in [1.82, 2.24) is 10.2 Å². The molecule has 31 heavy (non-hydrogen) atoms. The third kappa shape index (κ3) is 4.18. The highest BCUT2D eigenvalue weighted by Crippen LogP contribution is 2.39. The van der Waals surface area contributed by atoms with Crippen LogP contribution in [0.1, 0.15) is 12.5 Å². The van der Waals surface area contributed by atoms with E-state index in [4.69, 9.17) is 4.74 Å². The fraction of sp³-hybridized carbons (Fsp3) is 0.227. The summed E-state index contributed by atoms with van der Waals surface area (Å²) in [4.78, 5) is 6.59. The van der Waals surface area contributed by atoms with Gasteiger partial charge in [-0.05, 0) is 35.9 Å². The molecule has 1 N–H and O–H groups in total. The Morgan fingerprint density at radius 3 is 2.71 bits per heavy atom. The third-order valence-corrected chi connectivity index (χ3v) is 6.85. The average Bonchev–Trinajstić information content (AvgIpc) is 2.75. The van der Waals surface area contributed by atoms with E-state index in [1.54, 1.807) is 13.3 Å². The van der Waals surface area contributed by atoms with E-state index in [1.807, 2.05) is 24.3 Å². The number of ether oxygens (including phenoxy) is 1. The van der Waals surface area contributed by atoms with Crippen LogP contribution in [0.15, 0.2) is 64.3 Å². The second-order valence-corrected chi connectivity index (χ2v) is 9.58. The predicted molar refractivity (Wildman–Crippen MR) is 115 cm³/mol. The fourth-order valence-electron chi connectivity index (χ4n) is 3.57. The summed E-state index contributed by atoms with van der Waals surface area (Å²) in [6.07, 6.45) is 5.30. The van der Waals surface area contributed by atoms with E-state index in [-0.39, 0.29) is 28.2 Å². The van der Waals surface area contributed by atoms with Crippen LogP contribution in [0.3, 0.4) is 0 Å². The normalized spacial score (nSPS) is 18.1. The Balaban J connectivity index is 1.87. The van der Waals surface area contributed by atoms with Gasteiger partial charge in [0.1, 0.15) is 17.6 Å². The van der Waals surface area contributed by atoms with Crippen LogP contribution in [0, 0.1) is 11.6 Å². The van der Waals surface area contributed by atoms with Gasteiger partial charge >= 0.3 is 0 Å². The molecular formula is C22H21F2N3O3S. The van der Waals surface area contributed by atoms with Crippen molar-refractivity contribution in [2.45, 2.75) is 17.9 Å². The lowest BCUT2D eigenvalue weighted by Crippen LogP contribution is -2.32. The van der Waals surface area contributed by atoms with Gasteiger partial charge in [0.2, 0.25) is 0 Å². The van der Waals surface area contributed by atoms with Crippen LogP contribution in [0.4, 0.5) is 8.78 Å². The molecule has 162 valence electrons. The maximum Gasteiger partial charge on any atom is 0.178 e. The van der Waals surface area contributed by atoms with Crippen LogP contribution >= 0.6 is 0 Å². The van der Waals surface area contributed by atoms with Crippen LogP contribution in [-0.4, -0.2) is 45.0 Å². The van der Waals surface area contributed by atoms with E-state index in [2.05, 4.69) is 10.3 Å². The van der Waals surface area contributed by atoms with Gasteiger partial charge in [-0.25, -0.2) is 17.2 Å². The van der Waals surface area contributed by atoms with Gasteiger partial charge in [-0.3, -0.25) is 4.99 Å². The van der Waals surface area contributed by atoms with E-state index >= 15 is 0 Å². The zero-order valence-corrected chi connectivity index (χ0v) is 17.8. The molecule has 0 radical (unpaired) electrons. The maximum absolute atomic E-state index is 14.2. The zero-order valence-electron chi connectivity index (χ0n) is 17.0. The van der Waals surface area contributed by atoms with E-state index in [0.29, 0.717) is 17.7 Å². The largest absolute Gasteiger partial charge is 0.454 e. The van der Waals surface area contributed by atoms with Crippen molar-refractivity contribution in [2.24, 2.45) is 4.99 Å². The molecular weight excluding hydrogens is 424 g/mol. The molecule has 9 heteroatoms. The quantitative estimate of drug-likeness (QED) is 0.760. The van der Waals surface area contributed by atoms with Crippen molar-refractivity contribution in [1.29, 1.82) is 0 Å². The summed E-state index contributed by atoms with van der Waals surface area (Å²) in [5.74, 6) is -1.55. The molecule has 0 bridgehead atoms. The van der Waals surface area contributed by atoms with Crippen LogP contribution in [-0.2, 0) is 9.84 Å². The summed E-state index contributed by atoms with van der Waals surface area (Å²) in [5.41, 5.74) is 2.17. The molecule has 2 heterocycles. The van der Waals surface area contributed by atoms with Gasteiger partial charge < -0.3 is 15.0 Å². The number of rotatable bonds is 5. The Bertz CT molecular complexity index is 1220. The Morgan fingerprint density at radius 1 is 1.19 bits per heavy atom. The molecule has 0 aliphatic carbocycles. The molecule has 2 aromatic carbocycles. The highest BCUT2D eigenvalue weighted by molar-refractivity contribution is 7.91. The first-order chi connectivity index (χ1) is 14.8. The first kappa shape index (κ1) is 21.0. The molecule has 4 rings (SSSR count). The standard InChI is InChI=1S/C22H21F2N3O3S/c1-3-31(28,29)16-5-7-20(30-21-6-4-15(23)8-19(21)24)17(9-16)18-12-27(2)11-14-10-25-13-26-22(14)18/h4-10,12-13,22H,3,11H2,1-2H3,(H,25,26). The van der Waals surface area contributed by atoms with Gasteiger partial charge in [-0.2, -0.15) is 0 Å². The smallest absolute Gasteiger partial charge is 0.178 e. The third-order valence-electron chi connectivity index (χ3n) is 5.12. The number of halogens is 2. The van der Waals surface area contributed by atoms with Crippen LogP contribution < -0.4 is 10.1 Å². The predicted octanol–water partition coefficient (Wildman–Crippen LogP) is 3.72. The Labute approximate surface area is 179 Å². The summed E-state index contributed by atoms with van der Waals surface area (Å²) < 4.78 is 58.4. The van der Waals surface area contributed by atoms with Crippen molar-refractivity contribution >= 4 is 21.7 Å². The summed E-state index contributed by atoms with van der Waals surface area (Å²) >= 11 is 0. The first-order valence-corrected chi connectivity index (χ1v) is 11.3. The van der Waals surface area contributed by atoms with Crippen molar-refractivity contribution in [3.63, 3.8) is 0 Å². The molecule has 0 amide bonds. The average molecular weight is 445 g/mol. The van der Waals surface area contributed by atoms with Gasteiger partial charge in [-0.1, -0.05) is 6.92 Å². The summed E-state index contributed by atoms with van der Waals surface area (Å²) in [7, 11) is -1.60. The molecule has 1 atom stereocenters. The maximum atomic E-state index is 14.2. The Kier molecular flexibility index (Phi) is 5.53. The highest BCUT2D eigenvalue weighted by atomic mass is 32.2. The number of sulfone groups is 1. The second-order valence-electron chi connectivity index (χ2n) is 7.30. The summed E-state index contributed by atoms with van der Waals surface area (Å²) in [6, 6.07) is 7.13. The lowest BCUT2D eigenvalue weighted by molar-refractivity contribution is 0.434. The van der Waals surface area contributed by atoms with Gasteiger partial charge in [0.05, 0.1) is 17.0 Å². The topological polar surface area (TPSA) is 71.0 Å². The highest BCUT2D eigenvalue weighted by Gasteiger charge is 2.29. The molecule has 2 aliphatic heterocycles. The molecule has 2 aromatic rings. The second kappa shape index (κ2) is 8.14. The zero-order chi connectivity index (χ0) is 22.2. The molecule has 0 aromatic heterocycles. The molecule has 0 saturated carbocycles. The van der Waals surface area contributed by atoms with E-state index in [9.17, 15) is 17.2 Å². The molecule has 0 spiro atoms. The summed E-state index contributed by atoms with van der Waals surface area (Å²) in [6.45, 7) is 2.22. The van der Waals surface area contributed by atoms with Crippen molar-refractivity contribution < 1.29 is 21.9 Å². The van der Waals surface area contributed by atoms with Crippen LogP contribution in [0.2, 0.25) is 0 Å². The fourth-order valence-corrected chi connectivity index (χ4v) is 4.47. The van der Waals surface area contributed by atoms with E-state index in [1.165, 1.54) is 24.3 Å².